The van der Waals surface area contributed by atoms with E-state index < -0.39 is 28.2 Å². The predicted molar refractivity (Wildman–Crippen MR) is 73.8 cm³/mol. The molecule has 0 spiro atoms. The van der Waals surface area contributed by atoms with Crippen LogP contribution >= 0.6 is 0 Å². The number of nitro benzene ring substituents is 1. The lowest BCUT2D eigenvalue weighted by molar-refractivity contribution is -0.385. The number of hydrogen-bond acceptors (Lipinski definition) is 6. The lowest BCUT2D eigenvalue weighted by atomic mass is 10.2. The molecular weight excluding hydrogens is 280 g/mol. The molecule has 0 aliphatic heterocycles. The number of phenolic OH excluding ortho intramolecular Hbond substituents is 1. The lowest BCUT2D eigenvalue weighted by Gasteiger charge is -2.05. The van der Waals surface area contributed by atoms with Crippen molar-refractivity contribution in [2.75, 3.05) is 0 Å². The van der Waals surface area contributed by atoms with Gasteiger partial charge in [-0.15, -0.1) is 0 Å². The number of amides is 2. The fourth-order valence-electron chi connectivity index (χ4n) is 1.31. The minimum absolute atomic E-state index is 0.188. The number of rotatable bonds is 4. The summed E-state index contributed by atoms with van der Waals surface area (Å²) in [7, 11) is 0. The first-order valence-electron chi connectivity index (χ1n) is 5.92. The van der Waals surface area contributed by atoms with E-state index in [1.54, 1.807) is 13.8 Å². The molecule has 0 radical (unpaired) electrons. The fraction of sp³-hybridized carbons (Fsp3) is 0.250. The third-order valence-electron chi connectivity index (χ3n) is 2.20. The van der Waals surface area contributed by atoms with Gasteiger partial charge in [-0.05, 0) is 26.0 Å². The molecule has 0 bridgehead atoms. The highest BCUT2D eigenvalue weighted by molar-refractivity contribution is 6.35. The molecule has 0 atom stereocenters. The number of nitrogens with zero attached hydrogens (tertiary/aromatic N) is 2. The first-order valence-corrected chi connectivity index (χ1v) is 5.92. The van der Waals surface area contributed by atoms with Crippen LogP contribution in [-0.2, 0) is 9.59 Å². The van der Waals surface area contributed by atoms with E-state index in [-0.39, 0.29) is 11.6 Å². The van der Waals surface area contributed by atoms with Gasteiger partial charge in [0.25, 0.3) is 0 Å². The summed E-state index contributed by atoms with van der Waals surface area (Å²) in [6.45, 7) is 3.40. The third kappa shape index (κ3) is 4.90. The average molecular weight is 294 g/mol. The van der Waals surface area contributed by atoms with Gasteiger partial charge in [-0.2, -0.15) is 5.10 Å². The predicted octanol–water partition coefficient (Wildman–Crippen LogP) is 0.275. The number of carbonyl (C=O) groups excluding carboxylic acids is 2. The van der Waals surface area contributed by atoms with Crippen molar-refractivity contribution >= 4 is 23.7 Å². The second kappa shape index (κ2) is 6.98. The Hall–Kier alpha value is -2.97. The number of benzene rings is 1. The maximum absolute atomic E-state index is 11.3. The van der Waals surface area contributed by atoms with Gasteiger partial charge in [0.2, 0.25) is 0 Å². The molecule has 0 unspecified atom stereocenters. The van der Waals surface area contributed by atoms with Crippen molar-refractivity contribution in [2.24, 2.45) is 5.10 Å². The molecule has 0 fully saturated rings. The maximum atomic E-state index is 11.3. The second-order valence-electron chi connectivity index (χ2n) is 4.33. The van der Waals surface area contributed by atoms with Gasteiger partial charge in [0.15, 0.2) is 5.75 Å². The molecule has 3 N–H and O–H groups in total. The number of aromatic hydroxyl groups is 1. The van der Waals surface area contributed by atoms with Crippen molar-refractivity contribution in [3.8, 4) is 5.75 Å². The standard InChI is InChI=1S/C12H14N4O5/c1-7(2)14-11(18)12(19)15-13-6-8-3-4-10(17)9(5-8)16(20)21/h3-7,17H,1-2H3,(H,14,18)(H,15,19)/b13-6+. The fourth-order valence-corrected chi connectivity index (χ4v) is 1.31. The van der Waals surface area contributed by atoms with E-state index >= 15 is 0 Å². The van der Waals surface area contributed by atoms with Crippen LogP contribution in [-0.4, -0.2) is 34.1 Å². The molecule has 9 nitrogen and oxygen atoms in total. The first-order chi connectivity index (χ1) is 9.81. The third-order valence-corrected chi connectivity index (χ3v) is 2.20. The Bertz CT molecular complexity index is 597. The molecule has 9 heteroatoms. The molecule has 1 rings (SSSR count). The smallest absolute Gasteiger partial charge is 0.329 e. The molecule has 0 aromatic heterocycles. The molecule has 0 heterocycles. The zero-order valence-corrected chi connectivity index (χ0v) is 11.4. The van der Waals surface area contributed by atoms with Crippen molar-refractivity contribution in [3.63, 3.8) is 0 Å². The molecular formula is C12H14N4O5. The van der Waals surface area contributed by atoms with Gasteiger partial charge >= 0.3 is 17.5 Å². The number of carbonyl (C=O) groups is 2. The van der Waals surface area contributed by atoms with Crippen LogP contribution in [0.25, 0.3) is 0 Å². The van der Waals surface area contributed by atoms with E-state index in [0.717, 1.165) is 18.3 Å². The summed E-state index contributed by atoms with van der Waals surface area (Å²) in [6, 6.07) is 3.39. The summed E-state index contributed by atoms with van der Waals surface area (Å²) in [4.78, 5) is 32.5. The van der Waals surface area contributed by atoms with Crippen LogP contribution in [0.3, 0.4) is 0 Å². The summed E-state index contributed by atoms with van der Waals surface area (Å²) < 4.78 is 0. The van der Waals surface area contributed by atoms with Gasteiger partial charge in [0, 0.05) is 17.7 Å². The number of nitro groups is 1. The molecule has 0 aliphatic rings. The highest BCUT2D eigenvalue weighted by Crippen LogP contribution is 2.25. The average Bonchev–Trinajstić information content (AvgIpc) is 2.39. The van der Waals surface area contributed by atoms with E-state index in [1.165, 1.54) is 6.07 Å². The Morgan fingerprint density at radius 3 is 2.62 bits per heavy atom. The Kier molecular flexibility index (Phi) is 5.35. The summed E-state index contributed by atoms with van der Waals surface area (Å²) in [5.74, 6) is -2.26. The van der Waals surface area contributed by atoms with Crippen molar-refractivity contribution in [1.82, 2.24) is 10.7 Å². The van der Waals surface area contributed by atoms with E-state index in [2.05, 4.69) is 10.4 Å². The van der Waals surface area contributed by atoms with Gasteiger partial charge in [-0.25, -0.2) is 5.43 Å². The van der Waals surface area contributed by atoms with E-state index in [4.69, 9.17) is 0 Å². The Labute approximate surface area is 119 Å². The number of hydrazone groups is 1. The topological polar surface area (TPSA) is 134 Å². The number of hydrogen-bond donors (Lipinski definition) is 3. The summed E-state index contributed by atoms with van der Waals surface area (Å²) in [5, 5.41) is 25.8. The zero-order valence-electron chi connectivity index (χ0n) is 11.4. The van der Waals surface area contributed by atoms with Crippen LogP contribution in [0.4, 0.5) is 5.69 Å². The molecule has 1 aromatic carbocycles. The van der Waals surface area contributed by atoms with Crippen molar-refractivity contribution < 1.29 is 19.6 Å². The minimum Gasteiger partial charge on any atom is -0.502 e. The highest BCUT2D eigenvalue weighted by atomic mass is 16.6. The molecule has 0 saturated carbocycles. The van der Waals surface area contributed by atoms with Gasteiger partial charge in [0.05, 0.1) is 11.1 Å². The van der Waals surface area contributed by atoms with Crippen LogP contribution in [0.15, 0.2) is 23.3 Å². The van der Waals surface area contributed by atoms with E-state index in [1.807, 2.05) is 5.43 Å². The number of nitrogens with one attached hydrogen (secondary N) is 2. The van der Waals surface area contributed by atoms with Crippen LogP contribution < -0.4 is 10.7 Å². The lowest BCUT2D eigenvalue weighted by Crippen LogP contribution is -2.41. The monoisotopic (exact) mass is 294 g/mol. The summed E-state index contributed by atoms with van der Waals surface area (Å²) in [5.41, 5.74) is 1.78. The van der Waals surface area contributed by atoms with Gasteiger partial charge < -0.3 is 10.4 Å². The Balaban J connectivity index is 2.70. The quantitative estimate of drug-likeness (QED) is 0.317. The van der Waals surface area contributed by atoms with Crippen LogP contribution in [0.1, 0.15) is 19.4 Å². The zero-order chi connectivity index (χ0) is 16.0. The van der Waals surface area contributed by atoms with Crippen molar-refractivity contribution in [3.05, 3.63) is 33.9 Å². The number of phenols is 1. The molecule has 112 valence electrons. The molecule has 1 aromatic rings. The Morgan fingerprint density at radius 1 is 1.38 bits per heavy atom. The normalized spacial score (nSPS) is 10.6. The maximum Gasteiger partial charge on any atom is 0.329 e. The first kappa shape index (κ1) is 16.1. The van der Waals surface area contributed by atoms with Crippen molar-refractivity contribution in [2.45, 2.75) is 19.9 Å². The molecule has 0 saturated heterocycles. The second-order valence-corrected chi connectivity index (χ2v) is 4.33. The van der Waals surface area contributed by atoms with Crippen LogP contribution in [0, 0.1) is 10.1 Å². The van der Waals surface area contributed by atoms with Crippen LogP contribution in [0.2, 0.25) is 0 Å². The summed E-state index contributed by atoms with van der Waals surface area (Å²) in [6.07, 6.45) is 1.12. The molecule has 0 aliphatic carbocycles. The van der Waals surface area contributed by atoms with Crippen molar-refractivity contribution in [1.29, 1.82) is 0 Å². The molecule has 21 heavy (non-hydrogen) atoms. The SMILES string of the molecule is CC(C)NC(=O)C(=O)N/N=C/c1ccc(O)c([N+](=O)[O-])c1. The van der Waals surface area contributed by atoms with Crippen LogP contribution in [0.5, 0.6) is 5.75 Å². The van der Waals surface area contributed by atoms with E-state index in [9.17, 15) is 24.8 Å². The largest absolute Gasteiger partial charge is 0.502 e. The van der Waals surface area contributed by atoms with Gasteiger partial charge in [-0.3, -0.25) is 19.7 Å². The van der Waals surface area contributed by atoms with Gasteiger partial charge in [-0.1, -0.05) is 0 Å². The van der Waals surface area contributed by atoms with E-state index in [0.29, 0.717) is 0 Å². The Morgan fingerprint density at radius 2 is 2.05 bits per heavy atom. The molecule has 2 amide bonds. The van der Waals surface area contributed by atoms with Gasteiger partial charge in [0.1, 0.15) is 0 Å². The summed E-state index contributed by atoms with van der Waals surface area (Å²) >= 11 is 0. The minimum atomic E-state index is -0.951. The highest BCUT2D eigenvalue weighted by Gasteiger charge is 2.14.